The quantitative estimate of drug-likeness (QED) is 0.247. The fraction of sp³-hybridized carbons (Fsp3) is 0.581. The topological polar surface area (TPSA) is 125 Å². The number of aromatic amines is 1. The monoisotopic (exact) mass is 637 g/mol. The number of nitrogens with one attached hydrogen (secondary N) is 2. The first-order valence-corrected chi connectivity index (χ1v) is 15.7. The Kier molecular flexibility index (Phi) is 6.89. The van der Waals surface area contributed by atoms with Crippen LogP contribution >= 0.6 is 15.9 Å². The number of H-pyrrole nitrogens is 1. The lowest BCUT2D eigenvalue weighted by Crippen LogP contribution is -2.47. The van der Waals surface area contributed by atoms with E-state index in [0.29, 0.717) is 30.0 Å². The van der Waals surface area contributed by atoms with E-state index in [1.165, 1.54) is 11.9 Å². The Balaban J connectivity index is 0.953. The molecule has 10 nitrogen and oxygen atoms in total. The molecule has 1 aromatic carbocycles. The van der Waals surface area contributed by atoms with Crippen molar-refractivity contribution in [2.75, 3.05) is 12.3 Å². The number of benzene rings is 1. The predicted molar refractivity (Wildman–Crippen MR) is 165 cm³/mol. The second-order valence-corrected chi connectivity index (χ2v) is 14.5. The van der Waals surface area contributed by atoms with Crippen molar-refractivity contribution in [3.63, 3.8) is 0 Å². The van der Waals surface area contributed by atoms with Crippen LogP contribution in [0, 0.1) is 5.92 Å². The fourth-order valence-electron chi connectivity index (χ4n) is 6.71. The molecule has 0 spiro atoms. The van der Waals surface area contributed by atoms with Gasteiger partial charge in [-0.25, -0.2) is 15.0 Å². The zero-order valence-electron chi connectivity index (χ0n) is 24.9. The molecular formula is C31H40BrN7O3. The number of anilines is 1. The molecule has 224 valence electrons. The summed E-state index contributed by atoms with van der Waals surface area (Å²) in [7, 11) is 0. The van der Waals surface area contributed by atoms with Crippen LogP contribution in [0.15, 0.2) is 35.2 Å². The third-order valence-corrected chi connectivity index (χ3v) is 9.62. The minimum absolute atomic E-state index is 0.122. The van der Waals surface area contributed by atoms with E-state index in [9.17, 15) is 0 Å². The minimum Gasteiger partial charge on any atom is -0.383 e. The summed E-state index contributed by atoms with van der Waals surface area (Å²) in [6.45, 7) is 11.3. The molecule has 3 aliphatic rings. The first-order chi connectivity index (χ1) is 19.9. The van der Waals surface area contributed by atoms with Gasteiger partial charge in [0.05, 0.1) is 16.4 Å². The fourth-order valence-corrected chi connectivity index (χ4v) is 7.31. The van der Waals surface area contributed by atoms with Crippen LogP contribution in [-0.2, 0) is 26.0 Å². The summed E-state index contributed by atoms with van der Waals surface area (Å²) < 4.78 is 22.1. The van der Waals surface area contributed by atoms with E-state index in [1.807, 2.05) is 24.6 Å². The highest BCUT2D eigenvalue weighted by molar-refractivity contribution is 9.10. The summed E-state index contributed by atoms with van der Waals surface area (Å²) in [5.74, 6) is 1.53. The number of nitrogens with two attached hydrogens (primary N) is 1. The van der Waals surface area contributed by atoms with Crippen LogP contribution in [0.1, 0.15) is 71.5 Å². The van der Waals surface area contributed by atoms with Gasteiger partial charge in [0.15, 0.2) is 12.0 Å². The van der Waals surface area contributed by atoms with Gasteiger partial charge in [-0.2, -0.15) is 0 Å². The Morgan fingerprint density at radius 1 is 1.17 bits per heavy atom. The molecule has 4 atom stereocenters. The standard InChI is InChI=1S/C31H40BrN7O3/c1-30(2,3)17-7-8-20-21(12-17)38-23(37-20)9-6-16-10-18(11-16)34-13-22-25-26(42-31(4,5)41-25)29(40-22)39-14-19(32)24-27(33)35-15-36-28(24)39/h7-8,12,14-16,18,22,25-26,29,34H,6,9-11,13H2,1-5H3,(H,37,38)(H2,33,35,36)/t16?,18?,22-,25-,26-,29-/m1/s1. The van der Waals surface area contributed by atoms with E-state index in [0.717, 1.165) is 52.4 Å². The number of fused-ring (bicyclic) bond motifs is 3. The largest absolute Gasteiger partial charge is 0.383 e. The Hall–Kier alpha value is -2.57. The van der Waals surface area contributed by atoms with Gasteiger partial charge >= 0.3 is 0 Å². The summed E-state index contributed by atoms with van der Waals surface area (Å²) in [6.07, 6.45) is 6.88. The molecule has 3 fully saturated rings. The molecular weight excluding hydrogens is 598 g/mol. The predicted octanol–water partition coefficient (Wildman–Crippen LogP) is 5.37. The maximum Gasteiger partial charge on any atom is 0.164 e. The van der Waals surface area contributed by atoms with Crippen LogP contribution in [0.4, 0.5) is 5.82 Å². The minimum atomic E-state index is -0.684. The van der Waals surface area contributed by atoms with Crippen LogP contribution in [0.3, 0.4) is 0 Å². The summed E-state index contributed by atoms with van der Waals surface area (Å²) in [5.41, 5.74) is 10.5. The number of rotatable bonds is 7. The van der Waals surface area contributed by atoms with Crippen molar-refractivity contribution in [3.05, 3.63) is 46.6 Å². The third-order valence-electron chi connectivity index (χ3n) is 9.02. The average Bonchev–Trinajstić information content (AvgIpc) is 3.62. The van der Waals surface area contributed by atoms with Crippen LogP contribution in [0.2, 0.25) is 0 Å². The van der Waals surface area contributed by atoms with Crippen LogP contribution in [0.5, 0.6) is 0 Å². The molecule has 0 unspecified atom stereocenters. The number of imidazole rings is 1. The molecule has 0 bridgehead atoms. The molecule has 5 heterocycles. The van der Waals surface area contributed by atoms with Crippen LogP contribution in [-0.4, -0.2) is 61.2 Å². The number of ether oxygens (including phenoxy) is 3. The van der Waals surface area contributed by atoms with Gasteiger partial charge in [-0.1, -0.05) is 26.8 Å². The average molecular weight is 639 g/mol. The molecule has 0 amide bonds. The smallest absolute Gasteiger partial charge is 0.164 e. The zero-order valence-corrected chi connectivity index (χ0v) is 26.4. The lowest BCUT2D eigenvalue weighted by atomic mass is 9.77. The van der Waals surface area contributed by atoms with Gasteiger partial charge in [0.2, 0.25) is 0 Å². The second kappa shape index (κ2) is 10.3. The van der Waals surface area contributed by atoms with Crippen molar-refractivity contribution in [3.8, 4) is 0 Å². The molecule has 7 rings (SSSR count). The summed E-state index contributed by atoms with van der Waals surface area (Å²) >= 11 is 3.62. The Labute approximate surface area is 254 Å². The lowest BCUT2D eigenvalue weighted by Gasteiger charge is -2.37. The van der Waals surface area contributed by atoms with Gasteiger partial charge in [0.1, 0.15) is 41.9 Å². The molecule has 1 aliphatic carbocycles. The number of nitrogen functional groups attached to an aromatic ring is 1. The van der Waals surface area contributed by atoms with E-state index < -0.39 is 5.79 Å². The number of aryl methyl sites for hydroxylation is 1. The molecule has 2 saturated heterocycles. The van der Waals surface area contributed by atoms with Crippen molar-refractivity contribution < 1.29 is 14.2 Å². The molecule has 11 heteroatoms. The molecule has 1 saturated carbocycles. The molecule has 4 N–H and O–H groups in total. The number of halogens is 1. The van der Waals surface area contributed by atoms with Crippen molar-refractivity contribution in [2.45, 2.75) is 102 Å². The van der Waals surface area contributed by atoms with Crippen molar-refractivity contribution in [2.24, 2.45) is 5.92 Å². The van der Waals surface area contributed by atoms with Crippen LogP contribution in [0.25, 0.3) is 22.1 Å². The number of hydrogen-bond acceptors (Lipinski definition) is 8. The number of aromatic nitrogens is 5. The SMILES string of the molecule is CC1(C)O[C@@H]2[C@H](O1)[C@@H](CNC1CC(CCc3nc4cc(C(C)(C)C)ccc4[nH]3)C1)O[C@H]2n1cc(Br)c2c(N)ncnc21. The van der Waals surface area contributed by atoms with Gasteiger partial charge in [-0.05, 0) is 78.1 Å². The second-order valence-electron chi connectivity index (χ2n) is 13.6. The summed E-state index contributed by atoms with van der Waals surface area (Å²) in [6, 6.07) is 7.07. The molecule has 42 heavy (non-hydrogen) atoms. The Morgan fingerprint density at radius 2 is 1.95 bits per heavy atom. The van der Waals surface area contributed by atoms with Crippen LogP contribution < -0.4 is 11.1 Å². The number of hydrogen-bond donors (Lipinski definition) is 3. The van der Waals surface area contributed by atoms with Gasteiger partial charge < -0.3 is 34.8 Å². The van der Waals surface area contributed by atoms with E-state index >= 15 is 0 Å². The molecule has 0 radical (unpaired) electrons. The Morgan fingerprint density at radius 3 is 2.74 bits per heavy atom. The van der Waals surface area contributed by atoms with E-state index in [2.05, 4.69) is 75.2 Å². The molecule has 4 aromatic rings. The molecule has 2 aliphatic heterocycles. The summed E-state index contributed by atoms with van der Waals surface area (Å²) in [5, 5.41) is 4.52. The van der Waals surface area contributed by atoms with Gasteiger partial charge in [-0.15, -0.1) is 0 Å². The first-order valence-electron chi connectivity index (χ1n) is 15.0. The van der Waals surface area contributed by atoms with E-state index in [-0.39, 0.29) is 30.0 Å². The highest BCUT2D eigenvalue weighted by Crippen LogP contribution is 2.45. The van der Waals surface area contributed by atoms with Gasteiger partial charge in [0.25, 0.3) is 0 Å². The van der Waals surface area contributed by atoms with Gasteiger partial charge in [0, 0.05) is 29.7 Å². The van der Waals surface area contributed by atoms with Crippen molar-refractivity contribution >= 4 is 43.8 Å². The first kappa shape index (κ1) is 28.2. The third kappa shape index (κ3) is 5.13. The summed E-state index contributed by atoms with van der Waals surface area (Å²) in [4.78, 5) is 17.1. The van der Waals surface area contributed by atoms with Crippen molar-refractivity contribution in [1.82, 2.24) is 29.8 Å². The normalized spacial score (nSPS) is 28.9. The highest BCUT2D eigenvalue weighted by atomic mass is 79.9. The van der Waals surface area contributed by atoms with Crippen molar-refractivity contribution in [1.29, 1.82) is 0 Å². The molecule has 3 aromatic heterocycles. The highest BCUT2D eigenvalue weighted by Gasteiger charge is 2.56. The van der Waals surface area contributed by atoms with E-state index in [4.69, 9.17) is 24.9 Å². The van der Waals surface area contributed by atoms with E-state index in [1.54, 1.807) is 0 Å². The maximum atomic E-state index is 6.59. The lowest BCUT2D eigenvalue weighted by molar-refractivity contribution is -0.195. The van der Waals surface area contributed by atoms with Gasteiger partial charge in [-0.3, -0.25) is 0 Å². The zero-order chi connectivity index (χ0) is 29.4. The maximum absolute atomic E-state index is 6.59. The Bertz CT molecular complexity index is 1620. The number of nitrogens with zero attached hydrogens (tertiary/aromatic N) is 4.